The molecule has 8 nitrogen and oxygen atoms in total. The first-order chi connectivity index (χ1) is 16.9. The maximum absolute atomic E-state index is 13.8. The van der Waals surface area contributed by atoms with E-state index in [9.17, 15) is 19.6 Å². The summed E-state index contributed by atoms with van der Waals surface area (Å²) in [7, 11) is 0. The summed E-state index contributed by atoms with van der Waals surface area (Å²) in [6, 6.07) is 11.9. The van der Waals surface area contributed by atoms with Crippen LogP contribution in [-0.4, -0.2) is 31.6 Å². The number of carbonyl (C=O) groups is 1. The van der Waals surface area contributed by atoms with Gasteiger partial charge < -0.3 is 20.8 Å². The van der Waals surface area contributed by atoms with Gasteiger partial charge in [-0.2, -0.15) is 10.4 Å². The molecular weight excluding hydrogens is 459 g/mol. The zero-order valence-electron chi connectivity index (χ0n) is 20.5. The van der Waals surface area contributed by atoms with Gasteiger partial charge in [-0.1, -0.05) is 13.8 Å². The van der Waals surface area contributed by atoms with Crippen molar-refractivity contribution in [3.63, 3.8) is 0 Å². The number of nitrogen functional groups attached to an aromatic ring is 1. The zero-order valence-corrected chi connectivity index (χ0v) is 20.5. The quantitative estimate of drug-likeness (QED) is 0.243. The van der Waals surface area contributed by atoms with Crippen molar-refractivity contribution in [3.8, 4) is 22.9 Å². The molecule has 0 saturated heterocycles. The fourth-order valence-electron chi connectivity index (χ4n) is 4.42. The predicted molar refractivity (Wildman–Crippen MR) is 137 cm³/mol. The largest absolute Gasteiger partial charge is 0.479 e. The molecule has 0 spiro atoms. The minimum absolute atomic E-state index is 0.180. The molecule has 0 atom stereocenters. The molecule has 0 radical (unpaired) electrons. The lowest BCUT2D eigenvalue weighted by Gasteiger charge is -2.26. The average molecular weight is 487 g/mol. The number of hydrogen-bond donors (Lipinski definition) is 3. The van der Waals surface area contributed by atoms with Crippen molar-refractivity contribution in [1.29, 1.82) is 10.7 Å². The van der Waals surface area contributed by atoms with Crippen LogP contribution in [0.15, 0.2) is 48.8 Å². The standard InChI is InChI=1S/C27H27FN6O2/c1-26(2,9-10-29)24-23(17-14-32-33(15-17)27(3,4)25(35)36)20-12-21(31)16(13-30)11-22(20)34(24)19-7-5-18(28)6-8-19/h5-8,11-15,30H,9,31H2,1-4H3,(H,35,36). The lowest BCUT2D eigenvalue weighted by Crippen LogP contribution is -2.35. The first kappa shape index (κ1) is 24.7. The average Bonchev–Trinajstić information content (AvgIpc) is 3.42. The first-order valence-corrected chi connectivity index (χ1v) is 11.3. The number of carboxylic acid groups (broad SMARTS) is 1. The van der Waals surface area contributed by atoms with Gasteiger partial charge in [0, 0.05) is 63.4 Å². The van der Waals surface area contributed by atoms with Gasteiger partial charge in [-0.3, -0.25) is 4.68 Å². The van der Waals surface area contributed by atoms with E-state index in [2.05, 4.69) is 11.2 Å². The number of benzene rings is 2. The third kappa shape index (κ3) is 3.90. The number of aliphatic carboxylic acids is 1. The molecule has 0 aliphatic carbocycles. The number of anilines is 1. The van der Waals surface area contributed by atoms with Crippen LogP contribution in [0.5, 0.6) is 0 Å². The number of carboxylic acids is 1. The second-order valence-corrected chi connectivity index (χ2v) is 9.93. The summed E-state index contributed by atoms with van der Waals surface area (Å²) in [6.45, 7) is 7.01. The minimum Gasteiger partial charge on any atom is -0.479 e. The van der Waals surface area contributed by atoms with Crippen LogP contribution < -0.4 is 5.73 Å². The van der Waals surface area contributed by atoms with Crippen LogP contribution >= 0.6 is 0 Å². The number of nitrogens with zero attached hydrogens (tertiary/aromatic N) is 4. The van der Waals surface area contributed by atoms with Crippen molar-refractivity contribution in [2.24, 2.45) is 0 Å². The molecule has 184 valence electrons. The summed E-state index contributed by atoms with van der Waals surface area (Å²) < 4.78 is 17.2. The van der Waals surface area contributed by atoms with Crippen LogP contribution in [0.2, 0.25) is 0 Å². The Bertz CT molecular complexity index is 1540. The van der Waals surface area contributed by atoms with Crippen molar-refractivity contribution in [3.05, 3.63) is 65.9 Å². The van der Waals surface area contributed by atoms with E-state index in [1.54, 1.807) is 50.5 Å². The summed E-state index contributed by atoms with van der Waals surface area (Å²) in [5, 5.41) is 32.3. The number of nitriles is 1. The van der Waals surface area contributed by atoms with Crippen LogP contribution in [0, 0.1) is 22.6 Å². The number of fused-ring (bicyclic) bond motifs is 1. The zero-order chi connectivity index (χ0) is 26.4. The van der Waals surface area contributed by atoms with Crippen LogP contribution in [0.1, 0.15) is 45.4 Å². The highest BCUT2D eigenvalue weighted by atomic mass is 19.1. The van der Waals surface area contributed by atoms with Gasteiger partial charge in [0.15, 0.2) is 5.54 Å². The Labute approximate surface area is 207 Å². The predicted octanol–water partition coefficient (Wildman–Crippen LogP) is 5.22. The molecule has 9 heteroatoms. The first-order valence-electron chi connectivity index (χ1n) is 11.3. The highest BCUT2D eigenvalue weighted by Crippen LogP contribution is 2.45. The Kier molecular flexibility index (Phi) is 5.92. The molecule has 0 fully saturated rings. The van der Waals surface area contributed by atoms with E-state index < -0.39 is 16.9 Å². The molecule has 0 saturated carbocycles. The van der Waals surface area contributed by atoms with E-state index >= 15 is 0 Å². The van der Waals surface area contributed by atoms with Crippen LogP contribution in [-0.2, 0) is 15.7 Å². The fraction of sp³-hybridized carbons (Fsp3) is 0.259. The van der Waals surface area contributed by atoms with Crippen molar-refractivity contribution < 1.29 is 14.3 Å². The Hall–Kier alpha value is -4.45. The molecule has 0 unspecified atom stereocenters. The van der Waals surface area contributed by atoms with Gasteiger partial charge in [0.1, 0.15) is 5.82 Å². The normalized spacial score (nSPS) is 12.0. The SMILES string of the molecule is CC(C)(CC#N)c1c(-c2cnn(C(C)(C)C(=O)O)c2)c2cc(N)c(C=N)cc2n1-c1ccc(F)cc1. The summed E-state index contributed by atoms with van der Waals surface area (Å²) >= 11 is 0. The molecule has 2 aromatic carbocycles. The van der Waals surface area contributed by atoms with E-state index in [1.165, 1.54) is 23.0 Å². The Morgan fingerprint density at radius 3 is 2.50 bits per heavy atom. The number of nitrogens with two attached hydrogens (primary N) is 1. The lowest BCUT2D eigenvalue weighted by atomic mass is 9.82. The van der Waals surface area contributed by atoms with Gasteiger partial charge in [0.25, 0.3) is 0 Å². The van der Waals surface area contributed by atoms with Gasteiger partial charge in [-0.15, -0.1) is 0 Å². The van der Waals surface area contributed by atoms with Crippen LogP contribution in [0.25, 0.3) is 27.7 Å². The van der Waals surface area contributed by atoms with Crippen LogP contribution in [0.4, 0.5) is 10.1 Å². The van der Waals surface area contributed by atoms with E-state index in [0.29, 0.717) is 22.5 Å². The van der Waals surface area contributed by atoms with E-state index in [-0.39, 0.29) is 12.2 Å². The van der Waals surface area contributed by atoms with Gasteiger partial charge in [0.2, 0.25) is 0 Å². The fourth-order valence-corrected chi connectivity index (χ4v) is 4.42. The maximum Gasteiger partial charge on any atom is 0.331 e. The van der Waals surface area contributed by atoms with Gasteiger partial charge in [-0.05, 0) is 50.2 Å². The van der Waals surface area contributed by atoms with Crippen molar-refractivity contribution >= 4 is 28.8 Å². The Morgan fingerprint density at radius 1 is 1.25 bits per heavy atom. The smallest absolute Gasteiger partial charge is 0.331 e. The third-order valence-electron chi connectivity index (χ3n) is 6.54. The minimum atomic E-state index is -1.29. The number of hydrogen-bond acceptors (Lipinski definition) is 5. The summed E-state index contributed by atoms with van der Waals surface area (Å²) in [6.07, 6.45) is 4.62. The lowest BCUT2D eigenvalue weighted by molar-refractivity contribution is -0.146. The molecule has 0 bridgehead atoms. The second kappa shape index (κ2) is 8.64. The van der Waals surface area contributed by atoms with Gasteiger partial charge >= 0.3 is 5.97 Å². The number of rotatable bonds is 7. The number of halogens is 1. The van der Waals surface area contributed by atoms with E-state index in [0.717, 1.165) is 22.2 Å². The van der Waals surface area contributed by atoms with Crippen molar-refractivity contribution in [2.45, 2.75) is 45.1 Å². The molecule has 0 amide bonds. The molecule has 4 rings (SSSR count). The summed E-state index contributed by atoms with van der Waals surface area (Å²) in [5.41, 5.74) is 8.78. The number of nitrogens with one attached hydrogen (secondary N) is 1. The van der Waals surface area contributed by atoms with E-state index in [1.807, 2.05) is 18.4 Å². The maximum atomic E-state index is 13.8. The number of aromatic nitrogens is 3. The van der Waals surface area contributed by atoms with Crippen molar-refractivity contribution in [1.82, 2.24) is 14.3 Å². The monoisotopic (exact) mass is 486 g/mol. The molecule has 2 heterocycles. The van der Waals surface area contributed by atoms with Gasteiger partial charge in [0.05, 0.1) is 17.8 Å². The summed E-state index contributed by atoms with van der Waals surface area (Å²) in [4.78, 5) is 11.9. The highest BCUT2D eigenvalue weighted by molar-refractivity contribution is 6.04. The summed E-state index contributed by atoms with van der Waals surface area (Å²) in [5.74, 6) is -1.41. The Morgan fingerprint density at radius 2 is 1.92 bits per heavy atom. The topological polar surface area (TPSA) is 134 Å². The molecule has 0 aliphatic rings. The van der Waals surface area contributed by atoms with Crippen molar-refractivity contribution in [2.75, 3.05) is 5.73 Å². The molecule has 2 aromatic heterocycles. The Balaban J connectivity index is 2.18. The molecule has 0 aliphatic heterocycles. The highest BCUT2D eigenvalue weighted by Gasteiger charge is 2.35. The molecule has 36 heavy (non-hydrogen) atoms. The van der Waals surface area contributed by atoms with E-state index in [4.69, 9.17) is 11.1 Å². The molecular formula is C27H27FN6O2. The van der Waals surface area contributed by atoms with Crippen LogP contribution in [0.3, 0.4) is 0 Å². The third-order valence-corrected chi connectivity index (χ3v) is 6.54. The van der Waals surface area contributed by atoms with Gasteiger partial charge in [-0.25, -0.2) is 9.18 Å². The molecule has 4 aromatic rings. The molecule has 4 N–H and O–H groups in total. The second-order valence-electron chi connectivity index (χ2n) is 9.93.